The Morgan fingerprint density at radius 3 is 2.48 bits per heavy atom. The van der Waals surface area contributed by atoms with E-state index in [9.17, 15) is 22.8 Å². The van der Waals surface area contributed by atoms with Crippen LogP contribution in [0.1, 0.15) is 25.5 Å². The van der Waals surface area contributed by atoms with E-state index in [0.29, 0.717) is 19.4 Å². The van der Waals surface area contributed by atoms with Crippen molar-refractivity contribution in [1.29, 1.82) is 0 Å². The third-order valence-electron chi connectivity index (χ3n) is 3.91. The number of carboxylic acids is 1. The van der Waals surface area contributed by atoms with E-state index in [1.54, 1.807) is 4.90 Å². The second-order valence-corrected chi connectivity index (χ2v) is 5.68. The summed E-state index contributed by atoms with van der Waals surface area (Å²) in [6, 6.07) is 1.10. The molecule has 1 aliphatic carbocycles. The zero-order valence-electron chi connectivity index (χ0n) is 13.4. The van der Waals surface area contributed by atoms with Gasteiger partial charge in [0.25, 0.3) is 0 Å². The normalized spacial score (nSPS) is 20.0. The van der Waals surface area contributed by atoms with Crippen LogP contribution in [0.2, 0.25) is 0 Å². The molecular formula is C14H18F3N5O3. The molecule has 1 aliphatic rings. The molecular weight excluding hydrogens is 343 g/mol. The average Bonchev–Trinajstić information content (AvgIpc) is 2.48. The van der Waals surface area contributed by atoms with Gasteiger partial charge in [-0.1, -0.05) is 6.92 Å². The number of aromatic nitrogens is 2. The largest absolute Gasteiger partial charge is 0.480 e. The highest BCUT2D eigenvalue weighted by molar-refractivity contribution is 5.88. The van der Waals surface area contributed by atoms with Crippen LogP contribution < -0.4 is 10.6 Å². The first-order chi connectivity index (χ1) is 11.7. The predicted molar refractivity (Wildman–Crippen MR) is 80.9 cm³/mol. The number of nitrogens with zero attached hydrogens (tertiary/aromatic N) is 3. The minimum atomic E-state index is -4.59. The van der Waals surface area contributed by atoms with Gasteiger partial charge in [0.1, 0.15) is 0 Å². The number of hydrogen-bond donors (Lipinski definition) is 3. The summed E-state index contributed by atoms with van der Waals surface area (Å²) in [7, 11) is 0. The van der Waals surface area contributed by atoms with Gasteiger partial charge in [-0.2, -0.15) is 13.2 Å². The maximum atomic E-state index is 12.4. The van der Waals surface area contributed by atoms with Crippen molar-refractivity contribution < 1.29 is 27.9 Å². The number of carboxylic acid groups (broad SMARTS) is 1. The number of carbonyl (C=O) groups is 2. The molecule has 2 rings (SSSR count). The van der Waals surface area contributed by atoms with Crippen LogP contribution >= 0.6 is 0 Å². The highest BCUT2D eigenvalue weighted by Gasteiger charge is 2.35. The van der Waals surface area contributed by atoms with Crippen LogP contribution in [0.5, 0.6) is 0 Å². The van der Waals surface area contributed by atoms with E-state index < -0.39 is 23.9 Å². The molecule has 0 bridgehead atoms. The standard InChI is InChI=1S/C14H18F3N5O3/c1-2-22(7-12(23)24)9-5-8(6-9)18-13(25)19-11-4-3-10(20-21-11)14(15,16)17/h3-4,8-9H,2,5-7H2,1H3,(H,23,24)(H2,18,19,21,25). The van der Waals surface area contributed by atoms with Gasteiger partial charge in [0.05, 0.1) is 6.54 Å². The summed E-state index contributed by atoms with van der Waals surface area (Å²) in [6.45, 7) is 2.40. The molecule has 25 heavy (non-hydrogen) atoms. The zero-order chi connectivity index (χ0) is 18.6. The van der Waals surface area contributed by atoms with Crippen molar-refractivity contribution in [2.24, 2.45) is 0 Å². The van der Waals surface area contributed by atoms with E-state index in [1.165, 1.54) is 0 Å². The van der Waals surface area contributed by atoms with Gasteiger partial charge in [-0.3, -0.25) is 15.0 Å². The average molecular weight is 361 g/mol. The fraction of sp³-hybridized carbons (Fsp3) is 0.571. The number of hydrogen-bond acceptors (Lipinski definition) is 5. The number of aliphatic carboxylic acids is 1. The first kappa shape index (κ1) is 18.9. The highest BCUT2D eigenvalue weighted by Crippen LogP contribution is 2.27. The molecule has 1 aromatic heterocycles. The lowest BCUT2D eigenvalue weighted by atomic mass is 9.85. The number of nitrogens with one attached hydrogen (secondary N) is 2. The van der Waals surface area contributed by atoms with Crippen molar-refractivity contribution in [3.05, 3.63) is 17.8 Å². The third kappa shape index (κ3) is 5.28. The summed E-state index contributed by atoms with van der Waals surface area (Å²) < 4.78 is 37.1. The fourth-order valence-electron chi connectivity index (χ4n) is 2.56. The van der Waals surface area contributed by atoms with Gasteiger partial charge in [-0.25, -0.2) is 4.79 Å². The molecule has 0 spiro atoms. The Labute approximate surface area is 141 Å². The molecule has 0 unspecified atom stereocenters. The summed E-state index contributed by atoms with van der Waals surface area (Å²) in [4.78, 5) is 24.4. The number of anilines is 1. The van der Waals surface area contributed by atoms with Crippen molar-refractivity contribution >= 4 is 17.8 Å². The maximum Gasteiger partial charge on any atom is 0.435 e. The lowest BCUT2D eigenvalue weighted by Gasteiger charge is -2.42. The van der Waals surface area contributed by atoms with Crippen LogP contribution in [-0.2, 0) is 11.0 Å². The van der Waals surface area contributed by atoms with Crippen LogP contribution in [0, 0.1) is 0 Å². The smallest absolute Gasteiger partial charge is 0.435 e. The van der Waals surface area contributed by atoms with E-state index in [1.807, 2.05) is 6.92 Å². The molecule has 1 heterocycles. The maximum absolute atomic E-state index is 12.4. The molecule has 8 nitrogen and oxygen atoms in total. The summed E-state index contributed by atoms with van der Waals surface area (Å²) >= 11 is 0. The first-order valence-corrected chi connectivity index (χ1v) is 7.63. The van der Waals surface area contributed by atoms with Crippen LogP contribution in [-0.4, -0.2) is 57.4 Å². The van der Waals surface area contributed by atoms with E-state index in [0.717, 1.165) is 12.1 Å². The topological polar surface area (TPSA) is 107 Å². The molecule has 1 aromatic rings. The lowest BCUT2D eigenvalue weighted by Crippen LogP contribution is -2.55. The second kappa shape index (κ2) is 7.64. The monoisotopic (exact) mass is 361 g/mol. The molecule has 2 amide bonds. The summed E-state index contributed by atoms with van der Waals surface area (Å²) in [6.07, 6.45) is -3.38. The Balaban J connectivity index is 1.77. The Hall–Kier alpha value is -2.43. The minimum Gasteiger partial charge on any atom is -0.480 e. The van der Waals surface area contributed by atoms with Crippen molar-refractivity contribution in [2.75, 3.05) is 18.4 Å². The van der Waals surface area contributed by atoms with E-state index in [2.05, 4.69) is 20.8 Å². The number of likely N-dealkylation sites (N-methyl/N-ethyl adjacent to an activating group) is 1. The van der Waals surface area contributed by atoms with Crippen LogP contribution in [0.15, 0.2) is 12.1 Å². The Morgan fingerprint density at radius 1 is 1.32 bits per heavy atom. The summed E-state index contributed by atoms with van der Waals surface area (Å²) in [5.74, 6) is -1.00. The molecule has 1 fully saturated rings. The van der Waals surface area contributed by atoms with Crippen molar-refractivity contribution in [3.63, 3.8) is 0 Å². The molecule has 3 N–H and O–H groups in total. The predicted octanol–water partition coefficient (Wildman–Crippen LogP) is 1.55. The van der Waals surface area contributed by atoms with Gasteiger partial charge in [-0.15, -0.1) is 10.2 Å². The van der Waals surface area contributed by atoms with Crippen molar-refractivity contribution in [3.8, 4) is 0 Å². The highest BCUT2D eigenvalue weighted by atomic mass is 19.4. The van der Waals surface area contributed by atoms with Crippen LogP contribution in [0.4, 0.5) is 23.8 Å². The Morgan fingerprint density at radius 2 is 2.00 bits per heavy atom. The number of carbonyl (C=O) groups excluding carboxylic acids is 1. The quantitative estimate of drug-likeness (QED) is 0.710. The lowest BCUT2D eigenvalue weighted by molar-refractivity contribution is -0.142. The molecule has 0 radical (unpaired) electrons. The molecule has 11 heteroatoms. The molecule has 1 saturated carbocycles. The van der Waals surface area contributed by atoms with Gasteiger partial charge < -0.3 is 10.4 Å². The molecule has 138 valence electrons. The van der Waals surface area contributed by atoms with Gasteiger partial charge in [-0.05, 0) is 31.5 Å². The Kier molecular flexibility index (Phi) is 5.77. The van der Waals surface area contributed by atoms with E-state index in [-0.39, 0.29) is 24.4 Å². The molecule has 0 saturated heterocycles. The molecule has 0 aliphatic heterocycles. The summed E-state index contributed by atoms with van der Waals surface area (Å²) in [5, 5.41) is 20.1. The summed E-state index contributed by atoms with van der Waals surface area (Å²) in [5.41, 5.74) is -1.14. The van der Waals surface area contributed by atoms with Crippen LogP contribution in [0.3, 0.4) is 0 Å². The molecule has 0 aromatic carbocycles. The number of urea groups is 1. The van der Waals surface area contributed by atoms with Gasteiger partial charge >= 0.3 is 18.2 Å². The van der Waals surface area contributed by atoms with Crippen LogP contribution in [0.25, 0.3) is 0 Å². The number of amides is 2. The Bertz CT molecular complexity index is 617. The third-order valence-corrected chi connectivity index (χ3v) is 3.91. The number of halogens is 3. The molecule has 0 atom stereocenters. The van der Waals surface area contributed by atoms with Crippen molar-refractivity contribution in [1.82, 2.24) is 20.4 Å². The van der Waals surface area contributed by atoms with Gasteiger partial charge in [0.2, 0.25) is 0 Å². The van der Waals surface area contributed by atoms with E-state index in [4.69, 9.17) is 5.11 Å². The number of alkyl halides is 3. The van der Waals surface area contributed by atoms with Gasteiger partial charge in [0.15, 0.2) is 11.5 Å². The van der Waals surface area contributed by atoms with Crippen molar-refractivity contribution in [2.45, 2.75) is 38.0 Å². The minimum absolute atomic E-state index is 0.0543. The SMILES string of the molecule is CCN(CC(=O)O)C1CC(NC(=O)Nc2ccc(C(F)(F)F)nn2)C1. The van der Waals surface area contributed by atoms with E-state index >= 15 is 0 Å². The first-order valence-electron chi connectivity index (χ1n) is 7.63. The zero-order valence-corrected chi connectivity index (χ0v) is 13.4. The van der Waals surface area contributed by atoms with Gasteiger partial charge in [0, 0.05) is 12.1 Å². The second-order valence-electron chi connectivity index (χ2n) is 5.68. The fourth-order valence-corrected chi connectivity index (χ4v) is 2.56. The number of rotatable bonds is 6.